The molecule has 1 aliphatic rings. The summed E-state index contributed by atoms with van der Waals surface area (Å²) in [5, 5.41) is 4.51. The SMILES string of the molecule is CCOCCCCNC(=NC)N1CCN(c2nc(CC)ns2)CC1.I. The van der Waals surface area contributed by atoms with Gasteiger partial charge in [0.1, 0.15) is 5.82 Å². The normalized spacial score (nSPS) is 15.2. The Bertz CT molecular complexity index is 505. The van der Waals surface area contributed by atoms with Gasteiger partial charge in [0.15, 0.2) is 5.96 Å². The summed E-state index contributed by atoms with van der Waals surface area (Å²) in [5.41, 5.74) is 0. The smallest absolute Gasteiger partial charge is 0.205 e. The Hall–Kier alpha value is -0.680. The fourth-order valence-corrected chi connectivity index (χ4v) is 3.43. The Labute approximate surface area is 172 Å². The number of rotatable bonds is 8. The van der Waals surface area contributed by atoms with Crippen LogP contribution in [-0.2, 0) is 11.2 Å². The van der Waals surface area contributed by atoms with Crippen LogP contribution in [0.15, 0.2) is 4.99 Å². The Kier molecular flexibility index (Phi) is 11.3. The van der Waals surface area contributed by atoms with Gasteiger partial charge in [0.05, 0.1) is 0 Å². The molecule has 0 atom stereocenters. The van der Waals surface area contributed by atoms with Crippen molar-refractivity contribution in [3.8, 4) is 0 Å². The Balaban J connectivity index is 0.00000312. The van der Waals surface area contributed by atoms with Gasteiger partial charge in [0.2, 0.25) is 5.13 Å². The molecule has 1 aromatic heterocycles. The van der Waals surface area contributed by atoms with Crippen LogP contribution in [0.5, 0.6) is 0 Å². The van der Waals surface area contributed by atoms with E-state index in [2.05, 4.69) is 36.4 Å². The van der Waals surface area contributed by atoms with Gasteiger partial charge in [0, 0.05) is 70.9 Å². The lowest BCUT2D eigenvalue weighted by Gasteiger charge is -2.36. The second-order valence-electron chi connectivity index (χ2n) is 5.70. The molecule has 0 aliphatic carbocycles. The number of hydrogen-bond donors (Lipinski definition) is 1. The quantitative estimate of drug-likeness (QED) is 0.266. The molecule has 0 aromatic carbocycles. The number of halogens is 1. The molecule has 1 aliphatic heterocycles. The Morgan fingerprint density at radius 3 is 2.60 bits per heavy atom. The van der Waals surface area contributed by atoms with Gasteiger partial charge in [-0.15, -0.1) is 24.0 Å². The molecule has 9 heteroatoms. The number of aliphatic imine (C=N–C) groups is 1. The van der Waals surface area contributed by atoms with E-state index in [1.165, 1.54) is 11.5 Å². The first-order chi connectivity index (χ1) is 11.8. The van der Waals surface area contributed by atoms with Crippen molar-refractivity contribution in [1.82, 2.24) is 19.6 Å². The summed E-state index contributed by atoms with van der Waals surface area (Å²) >= 11 is 1.51. The van der Waals surface area contributed by atoms with Gasteiger partial charge in [0.25, 0.3) is 0 Å². The third kappa shape index (κ3) is 7.22. The summed E-state index contributed by atoms with van der Waals surface area (Å²) in [4.78, 5) is 13.6. The average Bonchev–Trinajstić information content (AvgIpc) is 3.11. The van der Waals surface area contributed by atoms with E-state index < -0.39 is 0 Å². The van der Waals surface area contributed by atoms with Crippen LogP contribution < -0.4 is 10.2 Å². The molecular formula is C16H31IN6OS. The van der Waals surface area contributed by atoms with Gasteiger partial charge in [-0.25, -0.2) is 4.98 Å². The fourth-order valence-electron chi connectivity index (χ4n) is 2.63. The molecule has 25 heavy (non-hydrogen) atoms. The Morgan fingerprint density at radius 1 is 1.24 bits per heavy atom. The van der Waals surface area contributed by atoms with Crippen LogP contribution in [0.4, 0.5) is 5.13 Å². The van der Waals surface area contributed by atoms with E-state index in [-0.39, 0.29) is 24.0 Å². The lowest BCUT2D eigenvalue weighted by molar-refractivity contribution is 0.143. The zero-order valence-corrected chi connectivity index (χ0v) is 18.7. The zero-order chi connectivity index (χ0) is 17.2. The summed E-state index contributed by atoms with van der Waals surface area (Å²) in [7, 11) is 1.85. The summed E-state index contributed by atoms with van der Waals surface area (Å²) in [6.45, 7) is 10.5. The highest BCUT2D eigenvalue weighted by Gasteiger charge is 2.21. The van der Waals surface area contributed by atoms with Crippen molar-refractivity contribution in [3.63, 3.8) is 0 Å². The van der Waals surface area contributed by atoms with E-state index in [1.807, 2.05) is 14.0 Å². The molecule has 144 valence electrons. The standard InChI is InChI=1S/C16H30N6OS.HI/c1-4-14-19-16(24-20-14)22-11-9-21(10-12-22)15(17-3)18-8-6-7-13-23-5-2;/h4-13H2,1-3H3,(H,17,18);1H. The lowest BCUT2D eigenvalue weighted by atomic mass is 10.3. The number of ether oxygens (including phenoxy) is 1. The van der Waals surface area contributed by atoms with Crippen LogP contribution in [0.1, 0.15) is 32.5 Å². The predicted octanol–water partition coefficient (Wildman–Crippen LogP) is 2.23. The van der Waals surface area contributed by atoms with Gasteiger partial charge in [-0.2, -0.15) is 4.37 Å². The number of nitrogens with one attached hydrogen (secondary N) is 1. The number of guanidine groups is 1. The molecule has 1 fully saturated rings. The van der Waals surface area contributed by atoms with Crippen LogP contribution in [0, 0.1) is 0 Å². The summed E-state index contributed by atoms with van der Waals surface area (Å²) < 4.78 is 9.74. The summed E-state index contributed by atoms with van der Waals surface area (Å²) in [5.74, 6) is 1.94. The highest BCUT2D eigenvalue weighted by atomic mass is 127. The number of aromatic nitrogens is 2. The fraction of sp³-hybridized carbons (Fsp3) is 0.812. The van der Waals surface area contributed by atoms with Crippen molar-refractivity contribution < 1.29 is 4.74 Å². The lowest BCUT2D eigenvalue weighted by Crippen LogP contribution is -2.52. The van der Waals surface area contributed by atoms with Crippen molar-refractivity contribution >= 4 is 46.6 Å². The molecule has 0 saturated carbocycles. The monoisotopic (exact) mass is 482 g/mol. The molecule has 0 unspecified atom stereocenters. The first-order valence-corrected chi connectivity index (χ1v) is 9.66. The van der Waals surface area contributed by atoms with E-state index in [1.54, 1.807) is 0 Å². The maximum absolute atomic E-state index is 5.36. The zero-order valence-electron chi connectivity index (χ0n) is 15.5. The van der Waals surface area contributed by atoms with E-state index >= 15 is 0 Å². The first kappa shape index (κ1) is 22.4. The van der Waals surface area contributed by atoms with Gasteiger partial charge < -0.3 is 19.9 Å². The van der Waals surface area contributed by atoms with E-state index in [4.69, 9.17) is 4.74 Å². The number of anilines is 1. The minimum atomic E-state index is 0. The highest BCUT2D eigenvalue weighted by Crippen LogP contribution is 2.19. The topological polar surface area (TPSA) is 65.9 Å². The molecular weight excluding hydrogens is 451 g/mol. The molecule has 1 N–H and O–H groups in total. The molecule has 0 amide bonds. The van der Waals surface area contributed by atoms with E-state index in [9.17, 15) is 0 Å². The third-order valence-corrected chi connectivity index (χ3v) is 4.85. The number of unbranched alkanes of at least 4 members (excludes halogenated alkanes) is 1. The molecule has 0 bridgehead atoms. The van der Waals surface area contributed by atoms with Crippen LogP contribution >= 0.6 is 35.5 Å². The van der Waals surface area contributed by atoms with Crippen LogP contribution in [-0.4, -0.2) is 73.2 Å². The molecule has 0 radical (unpaired) electrons. The van der Waals surface area contributed by atoms with Gasteiger partial charge in [-0.05, 0) is 19.8 Å². The number of aryl methyl sites for hydroxylation is 1. The maximum Gasteiger partial charge on any atom is 0.205 e. The van der Waals surface area contributed by atoms with Gasteiger partial charge >= 0.3 is 0 Å². The maximum atomic E-state index is 5.36. The van der Waals surface area contributed by atoms with Crippen molar-refractivity contribution in [1.29, 1.82) is 0 Å². The average molecular weight is 482 g/mol. The molecule has 2 heterocycles. The van der Waals surface area contributed by atoms with Crippen LogP contribution in [0.3, 0.4) is 0 Å². The second kappa shape index (κ2) is 12.6. The molecule has 1 saturated heterocycles. The Morgan fingerprint density at radius 2 is 2.00 bits per heavy atom. The number of nitrogens with zero attached hydrogens (tertiary/aromatic N) is 5. The second-order valence-corrected chi connectivity index (χ2v) is 6.43. The van der Waals surface area contributed by atoms with Crippen molar-refractivity contribution in [2.24, 2.45) is 4.99 Å². The van der Waals surface area contributed by atoms with Gasteiger partial charge in [-0.3, -0.25) is 4.99 Å². The van der Waals surface area contributed by atoms with Gasteiger partial charge in [-0.1, -0.05) is 6.92 Å². The largest absolute Gasteiger partial charge is 0.382 e. The number of hydrogen-bond acceptors (Lipinski definition) is 6. The number of piperazine rings is 1. The summed E-state index contributed by atoms with van der Waals surface area (Å²) in [6.07, 6.45) is 3.09. The van der Waals surface area contributed by atoms with Crippen molar-refractivity contribution in [2.45, 2.75) is 33.1 Å². The van der Waals surface area contributed by atoms with Crippen LogP contribution in [0.2, 0.25) is 0 Å². The van der Waals surface area contributed by atoms with Crippen LogP contribution in [0.25, 0.3) is 0 Å². The molecule has 7 nitrogen and oxygen atoms in total. The molecule has 0 spiro atoms. The summed E-state index contributed by atoms with van der Waals surface area (Å²) in [6, 6.07) is 0. The molecule has 2 rings (SSSR count). The van der Waals surface area contributed by atoms with E-state index in [0.29, 0.717) is 0 Å². The highest BCUT2D eigenvalue weighted by molar-refractivity contribution is 14.0. The molecule has 1 aromatic rings. The minimum Gasteiger partial charge on any atom is -0.382 e. The first-order valence-electron chi connectivity index (χ1n) is 8.89. The predicted molar refractivity (Wildman–Crippen MR) is 116 cm³/mol. The van der Waals surface area contributed by atoms with Crippen molar-refractivity contribution in [2.75, 3.05) is 57.9 Å². The van der Waals surface area contributed by atoms with E-state index in [0.717, 1.165) is 82.1 Å². The minimum absolute atomic E-state index is 0. The van der Waals surface area contributed by atoms with Crippen molar-refractivity contribution in [3.05, 3.63) is 5.82 Å². The third-order valence-electron chi connectivity index (χ3n) is 4.04.